The average Bonchev–Trinajstić information content (AvgIpc) is 3.60. The Kier molecular flexibility index (Phi) is 8.53. The van der Waals surface area contributed by atoms with Crippen molar-refractivity contribution < 1.29 is 19.0 Å². The highest BCUT2D eigenvalue weighted by molar-refractivity contribution is 5.85. The summed E-state index contributed by atoms with van der Waals surface area (Å²) in [4.78, 5) is 28.8. The Bertz CT molecular complexity index is 1450. The van der Waals surface area contributed by atoms with E-state index in [0.717, 1.165) is 23.4 Å². The van der Waals surface area contributed by atoms with E-state index in [1.54, 1.807) is 18.3 Å². The lowest BCUT2D eigenvalue weighted by Gasteiger charge is -2.24. The fraction of sp³-hybridized carbons (Fsp3) is 0.400. The van der Waals surface area contributed by atoms with Gasteiger partial charge in [-0.25, -0.2) is 9.78 Å². The molecule has 0 radical (unpaired) electrons. The first-order valence-electron chi connectivity index (χ1n) is 13.8. The normalized spacial score (nSPS) is 15.2. The summed E-state index contributed by atoms with van der Waals surface area (Å²) in [6.45, 7) is 8.34. The molecule has 1 saturated heterocycles. The molecule has 1 fully saturated rings. The molecule has 0 unspecified atom stereocenters. The second-order valence-corrected chi connectivity index (χ2v) is 10.9. The van der Waals surface area contributed by atoms with Crippen molar-refractivity contribution in [3.8, 4) is 5.75 Å². The molecular weight excluding hydrogens is 522 g/mol. The minimum Gasteiger partial charge on any atom is -0.491 e. The number of benzene rings is 2. The number of methoxy groups -OCH3 is 1. The van der Waals surface area contributed by atoms with Gasteiger partial charge in [-0.15, -0.1) is 0 Å². The number of nitrogens with one attached hydrogen (secondary N) is 2. The number of aromatic nitrogens is 4. The van der Waals surface area contributed by atoms with Crippen molar-refractivity contribution in [2.24, 2.45) is 0 Å². The Labute approximate surface area is 239 Å². The third kappa shape index (κ3) is 7.23. The quantitative estimate of drug-likeness (QED) is 0.247. The Balaban J connectivity index is 1.40. The lowest BCUT2D eigenvalue weighted by molar-refractivity contribution is 0.0289. The van der Waals surface area contributed by atoms with E-state index in [1.165, 1.54) is 0 Å². The van der Waals surface area contributed by atoms with Crippen LogP contribution in [0.15, 0.2) is 60.9 Å². The molecule has 1 atom stereocenters. The number of anilines is 3. The van der Waals surface area contributed by atoms with Crippen molar-refractivity contribution in [3.05, 3.63) is 66.5 Å². The molecule has 1 aliphatic rings. The minimum absolute atomic E-state index is 0.0146. The molecule has 2 aromatic heterocycles. The molecule has 11 heteroatoms. The van der Waals surface area contributed by atoms with Gasteiger partial charge in [-0.3, -0.25) is 0 Å². The molecule has 41 heavy (non-hydrogen) atoms. The molecule has 3 heterocycles. The third-order valence-corrected chi connectivity index (χ3v) is 6.60. The Hall–Kier alpha value is -4.38. The number of carbonyl (C=O) groups is 1. The molecule has 4 aromatic rings. The van der Waals surface area contributed by atoms with Gasteiger partial charge in [0.25, 0.3) is 0 Å². The lowest BCUT2D eigenvalue weighted by Crippen LogP contribution is -2.35. The highest BCUT2D eigenvalue weighted by Crippen LogP contribution is 2.30. The van der Waals surface area contributed by atoms with E-state index in [2.05, 4.69) is 27.8 Å². The van der Waals surface area contributed by atoms with E-state index in [1.807, 2.05) is 67.8 Å². The smallest absolute Gasteiger partial charge is 0.410 e. The van der Waals surface area contributed by atoms with Crippen molar-refractivity contribution in [2.75, 3.05) is 44.0 Å². The Morgan fingerprint density at radius 3 is 2.56 bits per heavy atom. The van der Waals surface area contributed by atoms with Gasteiger partial charge in [0.1, 0.15) is 18.0 Å². The van der Waals surface area contributed by atoms with Gasteiger partial charge in [0, 0.05) is 32.4 Å². The topological polar surface area (TPSA) is 116 Å². The molecule has 2 N–H and O–H groups in total. The summed E-state index contributed by atoms with van der Waals surface area (Å²) in [7, 11) is 1.64. The summed E-state index contributed by atoms with van der Waals surface area (Å²) >= 11 is 0. The molecule has 0 saturated carbocycles. The number of imidazole rings is 1. The summed E-state index contributed by atoms with van der Waals surface area (Å²) in [5.74, 6) is 1.81. The summed E-state index contributed by atoms with van der Waals surface area (Å²) < 4.78 is 18.3. The Morgan fingerprint density at radius 2 is 1.83 bits per heavy atom. The van der Waals surface area contributed by atoms with Crippen LogP contribution in [-0.4, -0.2) is 69.5 Å². The van der Waals surface area contributed by atoms with Gasteiger partial charge < -0.3 is 34.3 Å². The molecule has 1 aliphatic heterocycles. The standard InChI is InChI=1S/C30H37N7O4/c1-30(2,3)41-29(38)36-15-14-23(19-36)37-20-32-25-26(31-18-21-8-6-5-7-9-21)34-28(35-27(25)37)33-22-10-12-24(13-11-22)40-17-16-39-4/h5-13,20,23H,14-19H2,1-4H3,(H2,31,33,34,35)/t23-/m0/s1. The van der Waals surface area contributed by atoms with Crippen LogP contribution in [0.2, 0.25) is 0 Å². The highest BCUT2D eigenvalue weighted by atomic mass is 16.6. The zero-order valence-corrected chi connectivity index (χ0v) is 24.0. The van der Waals surface area contributed by atoms with Gasteiger partial charge in [-0.2, -0.15) is 9.97 Å². The zero-order valence-electron chi connectivity index (χ0n) is 24.0. The van der Waals surface area contributed by atoms with Gasteiger partial charge in [0.2, 0.25) is 5.95 Å². The summed E-state index contributed by atoms with van der Waals surface area (Å²) in [6, 6.07) is 17.7. The molecule has 1 amide bonds. The van der Waals surface area contributed by atoms with Crippen LogP contribution in [0.25, 0.3) is 11.2 Å². The van der Waals surface area contributed by atoms with Crippen molar-refractivity contribution >= 4 is 34.7 Å². The van der Waals surface area contributed by atoms with Crippen molar-refractivity contribution in [1.82, 2.24) is 24.4 Å². The van der Waals surface area contributed by atoms with Crippen LogP contribution < -0.4 is 15.4 Å². The predicted octanol–water partition coefficient (Wildman–Crippen LogP) is 5.39. The van der Waals surface area contributed by atoms with Crippen LogP contribution in [0.3, 0.4) is 0 Å². The maximum absolute atomic E-state index is 12.7. The van der Waals surface area contributed by atoms with E-state index >= 15 is 0 Å². The third-order valence-electron chi connectivity index (χ3n) is 6.60. The van der Waals surface area contributed by atoms with Crippen LogP contribution >= 0.6 is 0 Å². The molecule has 5 rings (SSSR count). The van der Waals surface area contributed by atoms with E-state index in [-0.39, 0.29) is 12.1 Å². The molecule has 11 nitrogen and oxygen atoms in total. The number of fused-ring (bicyclic) bond motifs is 1. The van der Waals surface area contributed by atoms with Gasteiger partial charge in [0.15, 0.2) is 17.0 Å². The number of nitrogens with zero attached hydrogens (tertiary/aromatic N) is 5. The number of hydrogen-bond acceptors (Lipinski definition) is 9. The average molecular weight is 560 g/mol. The van der Waals surface area contributed by atoms with Crippen molar-refractivity contribution in [2.45, 2.75) is 45.4 Å². The zero-order chi connectivity index (χ0) is 28.8. The Morgan fingerprint density at radius 1 is 1.05 bits per heavy atom. The number of amides is 1. The fourth-order valence-corrected chi connectivity index (χ4v) is 4.61. The van der Waals surface area contributed by atoms with Crippen molar-refractivity contribution in [1.29, 1.82) is 0 Å². The van der Waals surface area contributed by atoms with Gasteiger partial charge in [-0.1, -0.05) is 30.3 Å². The minimum atomic E-state index is -0.543. The van der Waals surface area contributed by atoms with Crippen molar-refractivity contribution in [3.63, 3.8) is 0 Å². The first kappa shape index (κ1) is 28.2. The highest BCUT2D eigenvalue weighted by Gasteiger charge is 2.32. The van der Waals surface area contributed by atoms with E-state index in [4.69, 9.17) is 24.2 Å². The first-order chi connectivity index (χ1) is 19.8. The van der Waals surface area contributed by atoms with Gasteiger partial charge >= 0.3 is 6.09 Å². The van der Waals surface area contributed by atoms with Crippen LogP contribution in [0.1, 0.15) is 38.8 Å². The second-order valence-electron chi connectivity index (χ2n) is 10.9. The van der Waals surface area contributed by atoms with E-state index in [0.29, 0.717) is 55.8 Å². The predicted molar refractivity (Wildman–Crippen MR) is 158 cm³/mol. The maximum Gasteiger partial charge on any atom is 0.410 e. The second kappa shape index (κ2) is 12.4. The van der Waals surface area contributed by atoms with Crippen LogP contribution in [0, 0.1) is 0 Å². The largest absolute Gasteiger partial charge is 0.491 e. The maximum atomic E-state index is 12.7. The van der Waals surface area contributed by atoms with Crippen LogP contribution in [0.4, 0.5) is 22.2 Å². The lowest BCUT2D eigenvalue weighted by atomic mass is 10.2. The van der Waals surface area contributed by atoms with Crippen LogP contribution in [0.5, 0.6) is 5.75 Å². The molecule has 0 bridgehead atoms. The van der Waals surface area contributed by atoms with E-state index < -0.39 is 5.60 Å². The molecule has 2 aromatic carbocycles. The van der Waals surface area contributed by atoms with Gasteiger partial charge in [0.05, 0.1) is 19.0 Å². The molecular formula is C30H37N7O4. The summed E-state index contributed by atoms with van der Waals surface area (Å²) in [6.07, 6.45) is 2.25. The number of rotatable bonds is 10. The summed E-state index contributed by atoms with van der Waals surface area (Å²) in [5.41, 5.74) is 2.76. The fourth-order valence-electron chi connectivity index (χ4n) is 4.61. The molecule has 0 spiro atoms. The van der Waals surface area contributed by atoms with Crippen LogP contribution in [-0.2, 0) is 16.0 Å². The number of likely N-dealkylation sites (tertiary alicyclic amines) is 1. The SMILES string of the molecule is COCCOc1ccc(Nc2nc(NCc3ccccc3)c3ncn([C@H]4CCN(C(=O)OC(C)(C)C)C4)c3n2)cc1. The summed E-state index contributed by atoms with van der Waals surface area (Å²) in [5, 5.41) is 6.76. The monoisotopic (exact) mass is 559 g/mol. The first-order valence-corrected chi connectivity index (χ1v) is 13.8. The van der Waals surface area contributed by atoms with Gasteiger partial charge in [-0.05, 0) is 57.0 Å². The number of ether oxygens (including phenoxy) is 3. The van der Waals surface area contributed by atoms with E-state index in [9.17, 15) is 4.79 Å². The number of carbonyl (C=O) groups excluding carboxylic acids is 1. The molecule has 216 valence electrons. The molecule has 0 aliphatic carbocycles. The number of hydrogen-bond donors (Lipinski definition) is 2.